The molecule has 1 aromatic carbocycles. The van der Waals surface area contributed by atoms with Crippen LogP contribution in [0.3, 0.4) is 0 Å². The predicted octanol–water partition coefficient (Wildman–Crippen LogP) is 3.39. The Bertz CT molecular complexity index is 1220. The molecule has 0 aliphatic carbocycles. The first kappa shape index (κ1) is 24.3. The maximum atomic E-state index is 13.9. The van der Waals surface area contributed by atoms with Crippen molar-refractivity contribution in [1.82, 2.24) is 19.9 Å². The summed E-state index contributed by atoms with van der Waals surface area (Å²) < 4.78 is 48.4. The van der Waals surface area contributed by atoms with Gasteiger partial charge in [0.05, 0.1) is 30.7 Å². The van der Waals surface area contributed by atoms with Gasteiger partial charge in [-0.05, 0) is 43.7 Å². The number of benzene rings is 1. The first-order valence-corrected chi connectivity index (χ1v) is 12.1. The molecule has 5 rings (SSSR count). The van der Waals surface area contributed by atoms with Gasteiger partial charge in [0.15, 0.2) is 5.65 Å². The van der Waals surface area contributed by atoms with Gasteiger partial charge in [-0.3, -0.25) is 4.79 Å². The fraction of sp³-hybridized carbons (Fsp3) is 0.458. The molecule has 0 spiro atoms. The highest BCUT2D eigenvalue weighted by Crippen LogP contribution is 2.38. The molecule has 1 amide bonds. The van der Waals surface area contributed by atoms with Crippen LogP contribution in [0.15, 0.2) is 36.7 Å². The van der Waals surface area contributed by atoms with E-state index in [1.165, 1.54) is 16.8 Å². The van der Waals surface area contributed by atoms with E-state index in [0.29, 0.717) is 37.8 Å². The molecule has 36 heavy (non-hydrogen) atoms. The molecule has 2 fully saturated rings. The van der Waals surface area contributed by atoms with Crippen molar-refractivity contribution < 1.29 is 22.7 Å². The van der Waals surface area contributed by atoms with Crippen molar-refractivity contribution in [2.24, 2.45) is 0 Å². The number of hydrogen-bond donors (Lipinski definition) is 3. The van der Waals surface area contributed by atoms with E-state index >= 15 is 0 Å². The van der Waals surface area contributed by atoms with E-state index < -0.39 is 17.6 Å². The number of ether oxygens (including phenoxy) is 1. The number of alkyl halides is 3. The Hall–Kier alpha value is -3.38. The third kappa shape index (κ3) is 5.39. The van der Waals surface area contributed by atoms with Crippen LogP contribution >= 0.6 is 0 Å². The van der Waals surface area contributed by atoms with Crippen LogP contribution < -0.4 is 20.9 Å². The lowest BCUT2D eigenvalue weighted by molar-refractivity contribution is -0.136. The SMILES string of the molecule is O=C(Nc1ccc(N2CCOCC2)cc1C(F)(F)F)c1cnn2ccc(N[C@@H]3CCCCNC3)nc12. The van der Waals surface area contributed by atoms with Crippen molar-refractivity contribution in [2.75, 3.05) is 54.9 Å². The summed E-state index contributed by atoms with van der Waals surface area (Å²) in [4.78, 5) is 19.4. The molecule has 2 aliphatic heterocycles. The summed E-state index contributed by atoms with van der Waals surface area (Å²) >= 11 is 0. The minimum absolute atomic E-state index is 0.0861. The number of hydrogen-bond acceptors (Lipinski definition) is 7. The van der Waals surface area contributed by atoms with Crippen LogP contribution in [0, 0.1) is 0 Å². The average molecular weight is 504 g/mol. The molecule has 192 valence electrons. The van der Waals surface area contributed by atoms with Crippen LogP contribution in [0.2, 0.25) is 0 Å². The lowest BCUT2D eigenvalue weighted by atomic mass is 10.1. The predicted molar refractivity (Wildman–Crippen MR) is 130 cm³/mol. The molecule has 2 saturated heterocycles. The third-order valence-corrected chi connectivity index (χ3v) is 6.45. The molecule has 2 aromatic heterocycles. The van der Waals surface area contributed by atoms with Crippen LogP contribution in [-0.2, 0) is 10.9 Å². The number of nitrogens with one attached hydrogen (secondary N) is 3. The number of amides is 1. The zero-order chi connectivity index (χ0) is 25.1. The van der Waals surface area contributed by atoms with E-state index in [0.717, 1.165) is 38.4 Å². The number of fused-ring (bicyclic) bond motifs is 1. The fourth-order valence-corrected chi connectivity index (χ4v) is 4.54. The van der Waals surface area contributed by atoms with E-state index in [4.69, 9.17) is 4.74 Å². The number of aromatic nitrogens is 3. The molecule has 12 heteroatoms. The van der Waals surface area contributed by atoms with Crippen LogP contribution in [0.4, 0.5) is 30.4 Å². The number of nitrogens with zero attached hydrogens (tertiary/aromatic N) is 4. The highest BCUT2D eigenvalue weighted by Gasteiger charge is 2.35. The maximum Gasteiger partial charge on any atom is 0.418 e. The van der Waals surface area contributed by atoms with Crippen LogP contribution in [0.1, 0.15) is 35.2 Å². The quantitative estimate of drug-likeness (QED) is 0.491. The van der Waals surface area contributed by atoms with E-state index in [9.17, 15) is 18.0 Å². The summed E-state index contributed by atoms with van der Waals surface area (Å²) in [6.07, 6.45) is 1.54. The molecular formula is C24H28F3N7O2. The van der Waals surface area contributed by atoms with Gasteiger partial charge in [-0.15, -0.1) is 0 Å². The van der Waals surface area contributed by atoms with Gasteiger partial charge in [0, 0.05) is 37.6 Å². The van der Waals surface area contributed by atoms with Crippen molar-refractivity contribution in [1.29, 1.82) is 0 Å². The smallest absolute Gasteiger partial charge is 0.378 e. The second-order valence-corrected chi connectivity index (χ2v) is 8.96. The maximum absolute atomic E-state index is 13.9. The number of halogens is 3. The van der Waals surface area contributed by atoms with Crippen molar-refractivity contribution in [3.05, 3.63) is 47.8 Å². The number of anilines is 3. The summed E-state index contributed by atoms with van der Waals surface area (Å²) in [5, 5.41) is 13.3. The van der Waals surface area contributed by atoms with Gasteiger partial charge in [0.2, 0.25) is 0 Å². The van der Waals surface area contributed by atoms with Gasteiger partial charge in [-0.25, -0.2) is 9.50 Å². The number of carbonyl (C=O) groups is 1. The van der Waals surface area contributed by atoms with Crippen LogP contribution in [0.25, 0.3) is 5.65 Å². The molecule has 0 unspecified atom stereocenters. The Morgan fingerprint density at radius 3 is 2.81 bits per heavy atom. The van der Waals surface area contributed by atoms with Gasteiger partial charge in [-0.1, -0.05) is 6.42 Å². The first-order valence-electron chi connectivity index (χ1n) is 12.1. The highest BCUT2D eigenvalue weighted by atomic mass is 19.4. The molecule has 0 radical (unpaired) electrons. The number of morpholine rings is 1. The van der Waals surface area contributed by atoms with Gasteiger partial charge in [0.1, 0.15) is 11.4 Å². The monoisotopic (exact) mass is 503 g/mol. The van der Waals surface area contributed by atoms with Crippen molar-refractivity contribution in [3.8, 4) is 0 Å². The molecule has 3 aromatic rings. The molecule has 4 heterocycles. The van der Waals surface area contributed by atoms with Gasteiger partial charge >= 0.3 is 6.18 Å². The lowest BCUT2D eigenvalue weighted by Crippen LogP contribution is -2.36. The molecular weight excluding hydrogens is 475 g/mol. The zero-order valence-corrected chi connectivity index (χ0v) is 19.6. The minimum Gasteiger partial charge on any atom is -0.378 e. The molecule has 2 aliphatic rings. The van der Waals surface area contributed by atoms with Crippen molar-refractivity contribution in [2.45, 2.75) is 31.5 Å². The second-order valence-electron chi connectivity index (χ2n) is 8.96. The van der Waals surface area contributed by atoms with E-state index in [1.54, 1.807) is 18.3 Å². The third-order valence-electron chi connectivity index (χ3n) is 6.45. The van der Waals surface area contributed by atoms with Gasteiger partial charge in [-0.2, -0.15) is 18.3 Å². The summed E-state index contributed by atoms with van der Waals surface area (Å²) in [5.41, 5.74) is -0.444. The topological polar surface area (TPSA) is 95.8 Å². The standard InChI is InChI=1S/C24H28F3N7O2/c25-24(26,27)19-13-17(33-9-11-36-12-10-33)4-5-20(19)31-23(35)18-15-29-34-8-6-21(32-22(18)34)30-16-3-1-2-7-28-14-16/h4-6,8,13,15-16,28H,1-3,7,9-12,14H2,(H,30,32)(H,31,35)/t16-/m1/s1. The van der Waals surface area contributed by atoms with Gasteiger partial charge < -0.3 is 25.6 Å². The van der Waals surface area contributed by atoms with Crippen LogP contribution in [0.5, 0.6) is 0 Å². The average Bonchev–Trinajstić information content (AvgIpc) is 3.12. The van der Waals surface area contributed by atoms with E-state index in [2.05, 4.69) is 26.0 Å². The number of carbonyl (C=O) groups excluding carboxylic acids is 1. The Kier molecular flexibility index (Phi) is 6.97. The highest BCUT2D eigenvalue weighted by molar-refractivity contribution is 6.08. The Morgan fingerprint density at radius 2 is 2.00 bits per heavy atom. The Balaban J connectivity index is 1.38. The Morgan fingerprint density at radius 1 is 1.17 bits per heavy atom. The zero-order valence-electron chi connectivity index (χ0n) is 19.6. The van der Waals surface area contributed by atoms with Crippen molar-refractivity contribution >= 4 is 28.7 Å². The summed E-state index contributed by atoms with van der Waals surface area (Å²) in [7, 11) is 0. The minimum atomic E-state index is -4.64. The summed E-state index contributed by atoms with van der Waals surface area (Å²) in [6, 6.07) is 5.89. The largest absolute Gasteiger partial charge is 0.418 e. The molecule has 9 nitrogen and oxygen atoms in total. The lowest BCUT2D eigenvalue weighted by Gasteiger charge is -2.29. The first-order chi connectivity index (χ1) is 17.4. The number of rotatable bonds is 5. The van der Waals surface area contributed by atoms with E-state index in [-0.39, 0.29) is 22.9 Å². The van der Waals surface area contributed by atoms with Crippen LogP contribution in [-0.4, -0.2) is 65.9 Å². The second kappa shape index (κ2) is 10.3. The fourth-order valence-electron chi connectivity index (χ4n) is 4.54. The molecule has 1 atom stereocenters. The summed E-state index contributed by atoms with van der Waals surface area (Å²) in [6.45, 7) is 3.70. The van der Waals surface area contributed by atoms with E-state index in [1.807, 2.05) is 4.90 Å². The van der Waals surface area contributed by atoms with Gasteiger partial charge in [0.25, 0.3) is 5.91 Å². The molecule has 3 N–H and O–H groups in total. The molecule has 0 saturated carbocycles. The Labute approximate surface area is 206 Å². The molecule has 0 bridgehead atoms. The summed E-state index contributed by atoms with van der Waals surface area (Å²) in [5.74, 6) is -0.132. The van der Waals surface area contributed by atoms with Crippen molar-refractivity contribution in [3.63, 3.8) is 0 Å². The normalized spacial score (nSPS) is 19.2.